The SMILES string of the molecule is CN=C(NCc1cccc(OCC(N)=O)c1)NC1CC1C.I. The molecule has 7 heteroatoms. The Morgan fingerprint density at radius 2 is 2.23 bits per heavy atom. The van der Waals surface area contributed by atoms with E-state index >= 15 is 0 Å². The van der Waals surface area contributed by atoms with E-state index < -0.39 is 5.91 Å². The van der Waals surface area contributed by atoms with Crippen LogP contribution in [0.5, 0.6) is 5.75 Å². The predicted octanol–water partition coefficient (Wildman–Crippen LogP) is 1.24. The van der Waals surface area contributed by atoms with Crippen LogP contribution in [0.1, 0.15) is 18.9 Å². The van der Waals surface area contributed by atoms with Crippen LogP contribution in [0.15, 0.2) is 29.3 Å². The molecule has 2 rings (SSSR count). The molecule has 1 aliphatic carbocycles. The summed E-state index contributed by atoms with van der Waals surface area (Å²) in [6.45, 7) is 2.73. The zero-order chi connectivity index (χ0) is 15.2. The number of hydrogen-bond donors (Lipinski definition) is 3. The second kappa shape index (κ2) is 8.82. The van der Waals surface area contributed by atoms with Crippen molar-refractivity contribution in [1.82, 2.24) is 10.6 Å². The van der Waals surface area contributed by atoms with E-state index in [9.17, 15) is 4.79 Å². The number of nitrogens with two attached hydrogens (primary N) is 1. The number of ether oxygens (including phenoxy) is 1. The van der Waals surface area contributed by atoms with Crippen molar-refractivity contribution in [3.63, 3.8) is 0 Å². The number of aliphatic imine (C=N–C) groups is 1. The molecule has 22 heavy (non-hydrogen) atoms. The van der Waals surface area contributed by atoms with Crippen LogP contribution in [0.2, 0.25) is 0 Å². The van der Waals surface area contributed by atoms with Crippen LogP contribution in [0.4, 0.5) is 0 Å². The molecule has 1 aromatic rings. The van der Waals surface area contributed by atoms with Gasteiger partial charge in [-0.25, -0.2) is 0 Å². The lowest BCUT2D eigenvalue weighted by Gasteiger charge is -2.12. The Kier molecular flexibility index (Phi) is 7.43. The Morgan fingerprint density at radius 1 is 1.50 bits per heavy atom. The van der Waals surface area contributed by atoms with E-state index in [-0.39, 0.29) is 30.6 Å². The number of primary amides is 1. The van der Waals surface area contributed by atoms with Crippen LogP contribution >= 0.6 is 24.0 Å². The summed E-state index contributed by atoms with van der Waals surface area (Å²) < 4.78 is 5.28. The summed E-state index contributed by atoms with van der Waals surface area (Å²) in [7, 11) is 1.76. The van der Waals surface area contributed by atoms with E-state index in [0.717, 1.165) is 11.5 Å². The molecule has 1 aliphatic rings. The van der Waals surface area contributed by atoms with E-state index in [1.54, 1.807) is 13.1 Å². The van der Waals surface area contributed by atoms with Crippen LogP contribution in [0.25, 0.3) is 0 Å². The van der Waals surface area contributed by atoms with Crippen LogP contribution < -0.4 is 21.1 Å². The molecular formula is C15H23IN4O2. The zero-order valence-electron chi connectivity index (χ0n) is 12.8. The molecule has 0 saturated heterocycles. The Labute approximate surface area is 147 Å². The Hall–Kier alpha value is -1.51. The third kappa shape index (κ3) is 6.08. The highest BCUT2D eigenvalue weighted by Crippen LogP contribution is 2.28. The molecule has 0 aliphatic heterocycles. The molecule has 4 N–H and O–H groups in total. The van der Waals surface area contributed by atoms with Crippen molar-refractivity contribution in [3.05, 3.63) is 29.8 Å². The van der Waals surface area contributed by atoms with Crippen molar-refractivity contribution in [3.8, 4) is 5.75 Å². The number of carbonyl (C=O) groups excluding carboxylic acids is 1. The Morgan fingerprint density at radius 3 is 2.82 bits per heavy atom. The average molecular weight is 418 g/mol. The van der Waals surface area contributed by atoms with Crippen LogP contribution in [-0.2, 0) is 11.3 Å². The van der Waals surface area contributed by atoms with Gasteiger partial charge in [-0.2, -0.15) is 0 Å². The molecule has 1 aromatic carbocycles. The highest BCUT2D eigenvalue weighted by Gasteiger charge is 2.33. The minimum Gasteiger partial charge on any atom is -0.484 e. The van der Waals surface area contributed by atoms with Crippen molar-refractivity contribution in [2.75, 3.05) is 13.7 Å². The fourth-order valence-electron chi connectivity index (χ4n) is 1.98. The van der Waals surface area contributed by atoms with E-state index in [2.05, 4.69) is 22.5 Å². The standard InChI is InChI=1S/C15H22N4O2.HI/c1-10-6-13(10)19-15(17-2)18-8-11-4-3-5-12(7-11)21-9-14(16)20;/h3-5,7,10,13H,6,8-9H2,1-2H3,(H2,16,20)(H2,17,18,19);1H. The van der Waals surface area contributed by atoms with Gasteiger partial charge in [0.1, 0.15) is 5.75 Å². The second-order valence-electron chi connectivity index (χ2n) is 5.29. The fraction of sp³-hybridized carbons (Fsp3) is 0.467. The maximum Gasteiger partial charge on any atom is 0.255 e. The largest absolute Gasteiger partial charge is 0.484 e. The summed E-state index contributed by atoms with van der Waals surface area (Å²) in [6.07, 6.45) is 1.19. The molecule has 6 nitrogen and oxygen atoms in total. The monoisotopic (exact) mass is 418 g/mol. The molecule has 0 heterocycles. The summed E-state index contributed by atoms with van der Waals surface area (Å²) in [6, 6.07) is 8.07. The number of nitrogens with one attached hydrogen (secondary N) is 2. The maximum atomic E-state index is 10.7. The van der Waals surface area contributed by atoms with Crippen molar-refractivity contribution in [2.45, 2.75) is 25.9 Å². The van der Waals surface area contributed by atoms with Gasteiger partial charge in [-0.05, 0) is 30.0 Å². The van der Waals surface area contributed by atoms with Crippen LogP contribution in [0, 0.1) is 5.92 Å². The van der Waals surface area contributed by atoms with Crippen molar-refractivity contribution >= 4 is 35.8 Å². The topological polar surface area (TPSA) is 88.7 Å². The minimum absolute atomic E-state index is 0. The molecule has 122 valence electrons. The highest BCUT2D eigenvalue weighted by molar-refractivity contribution is 14.0. The quantitative estimate of drug-likeness (QED) is 0.369. The number of hydrogen-bond acceptors (Lipinski definition) is 3. The second-order valence-corrected chi connectivity index (χ2v) is 5.29. The first-order chi connectivity index (χ1) is 10.1. The number of rotatable bonds is 6. The Balaban J connectivity index is 0.00000242. The van der Waals surface area contributed by atoms with Gasteiger partial charge in [0.05, 0.1) is 0 Å². The zero-order valence-corrected chi connectivity index (χ0v) is 15.2. The maximum absolute atomic E-state index is 10.7. The van der Waals surface area contributed by atoms with Gasteiger partial charge < -0.3 is 21.1 Å². The van der Waals surface area contributed by atoms with E-state index in [1.165, 1.54) is 6.42 Å². The molecular weight excluding hydrogens is 395 g/mol. The number of carbonyl (C=O) groups is 1. The lowest BCUT2D eigenvalue weighted by molar-refractivity contribution is -0.119. The number of benzene rings is 1. The summed E-state index contributed by atoms with van der Waals surface area (Å²) in [5, 5.41) is 6.62. The van der Waals surface area contributed by atoms with Gasteiger partial charge in [-0.3, -0.25) is 9.79 Å². The van der Waals surface area contributed by atoms with Crippen LogP contribution in [0.3, 0.4) is 0 Å². The number of guanidine groups is 1. The normalized spacial score (nSPS) is 19.8. The number of amides is 1. The van der Waals surface area contributed by atoms with Gasteiger partial charge in [0.15, 0.2) is 12.6 Å². The van der Waals surface area contributed by atoms with Gasteiger partial charge in [0.2, 0.25) is 0 Å². The van der Waals surface area contributed by atoms with Crippen molar-refractivity contribution < 1.29 is 9.53 Å². The first-order valence-corrected chi connectivity index (χ1v) is 7.05. The average Bonchev–Trinajstić information content (AvgIpc) is 3.17. The molecule has 0 aromatic heterocycles. The highest BCUT2D eigenvalue weighted by atomic mass is 127. The van der Waals surface area contributed by atoms with E-state index in [0.29, 0.717) is 24.3 Å². The molecule has 0 spiro atoms. The van der Waals surface area contributed by atoms with Gasteiger partial charge >= 0.3 is 0 Å². The van der Waals surface area contributed by atoms with Crippen LogP contribution in [-0.4, -0.2) is 31.6 Å². The number of nitrogens with zero attached hydrogens (tertiary/aromatic N) is 1. The first-order valence-electron chi connectivity index (χ1n) is 7.05. The van der Waals surface area contributed by atoms with Gasteiger partial charge in [0, 0.05) is 19.6 Å². The molecule has 0 bridgehead atoms. The summed E-state index contributed by atoms with van der Waals surface area (Å²) >= 11 is 0. The van der Waals surface area contributed by atoms with Gasteiger partial charge in [-0.1, -0.05) is 19.1 Å². The first kappa shape index (κ1) is 18.5. The summed E-state index contributed by atoms with van der Waals surface area (Å²) in [5.74, 6) is 1.66. The number of halogens is 1. The van der Waals surface area contributed by atoms with Gasteiger partial charge in [0.25, 0.3) is 5.91 Å². The van der Waals surface area contributed by atoms with Crippen molar-refractivity contribution in [1.29, 1.82) is 0 Å². The lowest BCUT2D eigenvalue weighted by atomic mass is 10.2. The Bertz CT molecular complexity index is 536. The van der Waals surface area contributed by atoms with Gasteiger partial charge in [-0.15, -0.1) is 24.0 Å². The third-order valence-electron chi connectivity index (χ3n) is 3.39. The summed E-state index contributed by atoms with van der Waals surface area (Å²) in [5.41, 5.74) is 6.10. The summed E-state index contributed by atoms with van der Waals surface area (Å²) in [4.78, 5) is 14.9. The lowest BCUT2D eigenvalue weighted by Crippen LogP contribution is -2.38. The van der Waals surface area contributed by atoms with Crippen molar-refractivity contribution in [2.24, 2.45) is 16.6 Å². The molecule has 1 fully saturated rings. The smallest absolute Gasteiger partial charge is 0.255 e. The molecule has 1 saturated carbocycles. The predicted molar refractivity (Wildman–Crippen MR) is 97.4 cm³/mol. The van der Waals surface area contributed by atoms with E-state index in [4.69, 9.17) is 10.5 Å². The minimum atomic E-state index is -0.485. The van der Waals surface area contributed by atoms with E-state index in [1.807, 2.05) is 18.2 Å². The third-order valence-corrected chi connectivity index (χ3v) is 3.39. The fourth-order valence-corrected chi connectivity index (χ4v) is 1.98. The molecule has 2 atom stereocenters. The molecule has 0 radical (unpaired) electrons. The molecule has 1 amide bonds. The molecule has 2 unspecified atom stereocenters.